The molecular weight excluding hydrogens is 604 g/mol. The third kappa shape index (κ3) is 9.54. The highest BCUT2D eigenvalue weighted by Gasteiger charge is 2.17. The fourth-order valence-corrected chi connectivity index (χ4v) is 4.29. The van der Waals surface area contributed by atoms with Crippen LogP contribution in [0.4, 0.5) is 0 Å². The molecule has 0 unspecified atom stereocenters. The predicted molar refractivity (Wildman–Crippen MR) is 180 cm³/mol. The second-order valence-corrected chi connectivity index (χ2v) is 9.57. The van der Waals surface area contributed by atoms with Gasteiger partial charge in [0.2, 0.25) is 0 Å². The van der Waals surface area contributed by atoms with E-state index in [1.165, 1.54) is 39.5 Å². The highest BCUT2D eigenvalue weighted by atomic mass is 16.5. The highest BCUT2D eigenvalue weighted by molar-refractivity contribution is 6.10. The molecule has 0 amide bonds. The number of methoxy groups -OCH3 is 7. The standard InChI is InChI=1S/C19H20O5.C18H18O5/c1-21-14-7-5-13(18(11-14)23-3)6-10-17(20)16-9-8-15(22-2)12-19(16)24-4;1-21-13-7-4-12(5-8-13)6-9-15(19)18-16(20)10-14(22-2)11-17(18)23-3/h5-12H,1-4H3;4-11,20H,1-3H3. The summed E-state index contributed by atoms with van der Waals surface area (Å²) >= 11 is 0. The number of ether oxygens (including phenoxy) is 7. The van der Waals surface area contributed by atoms with E-state index in [0.717, 1.165) is 16.9 Å². The van der Waals surface area contributed by atoms with Crippen LogP contribution in [0.3, 0.4) is 0 Å². The minimum Gasteiger partial charge on any atom is -0.507 e. The fraction of sp³-hybridized carbons (Fsp3) is 0.189. The molecule has 0 aromatic heterocycles. The van der Waals surface area contributed by atoms with Crippen LogP contribution in [0.2, 0.25) is 0 Å². The van der Waals surface area contributed by atoms with Gasteiger partial charge in [0.25, 0.3) is 0 Å². The lowest BCUT2D eigenvalue weighted by molar-refractivity contribution is 0.103. The Morgan fingerprint density at radius 1 is 0.511 bits per heavy atom. The molecular formula is C37H38O10. The summed E-state index contributed by atoms with van der Waals surface area (Å²) in [5.41, 5.74) is 2.17. The van der Waals surface area contributed by atoms with E-state index >= 15 is 0 Å². The lowest BCUT2D eigenvalue weighted by Gasteiger charge is -2.10. The molecule has 0 aliphatic carbocycles. The Labute approximate surface area is 274 Å². The van der Waals surface area contributed by atoms with Crippen LogP contribution in [0.15, 0.2) is 84.9 Å². The number of hydrogen-bond donors (Lipinski definition) is 1. The zero-order chi connectivity index (χ0) is 34.3. The van der Waals surface area contributed by atoms with Crippen LogP contribution in [0.25, 0.3) is 12.2 Å². The fourth-order valence-electron chi connectivity index (χ4n) is 4.29. The van der Waals surface area contributed by atoms with Gasteiger partial charge >= 0.3 is 0 Å². The molecule has 0 bridgehead atoms. The summed E-state index contributed by atoms with van der Waals surface area (Å²) in [7, 11) is 10.7. The molecule has 0 saturated heterocycles. The van der Waals surface area contributed by atoms with Crippen LogP contribution in [0.5, 0.6) is 46.0 Å². The van der Waals surface area contributed by atoms with Gasteiger partial charge < -0.3 is 38.3 Å². The second kappa shape index (κ2) is 17.6. The molecule has 4 aromatic rings. The molecule has 0 radical (unpaired) electrons. The Morgan fingerprint density at radius 3 is 1.60 bits per heavy atom. The maximum Gasteiger partial charge on any atom is 0.193 e. The van der Waals surface area contributed by atoms with E-state index in [2.05, 4.69) is 0 Å². The lowest BCUT2D eigenvalue weighted by atomic mass is 10.1. The van der Waals surface area contributed by atoms with Crippen LogP contribution in [0, 0.1) is 0 Å². The van der Waals surface area contributed by atoms with Gasteiger partial charge in [-0.1, -0.05) is 18.2 Å². The van der Waals surface area contributed by atoms with E-state index in [1.807, 2.05) is 18.2 Å². The Morgan fingerprint density at radius 2 is 1.02 bits per heavy atom. The van der Waals surface area contributed by atoms with Crippen molar-refractivity contribution in [1.82, 2.24) is 0 Å². The van der Waals surface area contributed by atoms with E-state index in [4.69, 9.17) is 33.2 Å². The Bertz CT molecular complexity index is 1720. The second-order valence-electron chi connectivity index (χ2n) is 9.57. The molecule has 0 aliphatic rings. The first kappa shape index (κ1) is 35.6. The maximum atomic E-state index is 12.4. The van der Waals surface area contributed by atoms with E-state index < -0.39 is 0 Å². The van der Waals surface area contributed by atoms with E-state index in [1.54, 1.807) is 89.1 Å². The van der Waals surface area contributed by atoms with Gasteiger partial charge in [-0.3, -0.25) is 9.59 Å². The molecule has 0 heterocycles. The average molecular weight is 643 g/mol. The topological polar surface area (TPSA) is 119 Å². The zero-order valence-electron chi connectivity index (χ0n) is 27.4. The van der Waals surface area contributed by atoms with Crippen molar-refractivity contribution in [1.29, 1.82) is 0 Å². The molecule has 0 spiro atoms. The number of carbonyl (C=O) groups is 2. The Kier molecular flexibility index (Phi) is 13.3. The van der Waals surface area contributed by atoms with Crippen LogP contribution in [0.1, 0.15) is 31.8 Å². The highest BCUT2D eigenvalue weighted by Crippen LogP contribution is 2.34. The van der Waals surface area contributed by atoms with Gasteiger partial charge in [0.05, 0.1) is 55.3 Å². The number of carbonyl (C=O) groups excluding carboxylic acids is 2. The number of hydrogen-bond acceptors (Lipinski definition) is 10. The van der Waals surface area contributed by atoms with Gasteiger partial charge in [0.1, 0.15) is 51.6 Å². The first-order chi connectivity index (χ1) is 22.7. The molecule has 10 heteroatoms. The molecule has 0 fully saturated rings. The first-order valence-corrected chi connectivity index (χ1v) is 14.2. The van der Waals surface area contributed by atoms with Crippen molar-refractivity contribution in [3.8, 4) is 46.0 Å². The van der Waals surface area contributed by atoms with Gasteiger partial charge in [-0.15, -0.1) is 0 Å². The number of rotatable bonds is 13. The summed E-state index contributed by atoms with van der Waals surface area (Å²) in [5, 5.41) is 10.0. The number of benzene rings is 4. The van der Waals surface area contributed by atoms with Crippen LogP contribution in [-0.4, -0.2) is 66.4 Å². The quantitative estimate of drug-likeness (QED) is 0.121. The molecule has 47 heavy (non-hydrogen) atoms. The van der Waals surface area contributed by atoms with Crippen molar-refractivity contribution >= 4 is 23.7 Å². The van der Waals surface area contributed by atoms with Crippen LogP contribution < -0.4 is 33.2 Å². The van der Waals surface area contributed by atoms with Gasteiger partial charge in [-0.2, -0.15) is 0 Å². The smallest absolute Gasteiger partial charge is 0.193 e. The summed E-state index contributed by atoms with van der Waals surface area (Å²) in [4.78, 5) is 24.8. The summed E-state index contributed by atoms with van der Waals surface area (Å²) in [6.45, 7) is 0. The largest absolute Gasteiger partial charge is 0.507 e. The summed E-state index contributed by atoms with van der Waals surface area (Å²) < 4.78 is 36.2. The number of ketones is 2. The zero-order valence-corrected chi connectivity index (χ0v) is 27.4. The van der Waals surface area contributed by atoms with Crippen LogP contribution >= 0.6 is 0 Å². The first-order valence-electron chi connectivity index (χ1n) is 14.2. The van der Waals surface area contributed by atoms with E-state index in [0.29, 0.717) is 34.3 Å². The van der Waals surface area contributed by atoms with E-state index in [9.17, 15) is 14.7 Å². The summed E-state index contributed by atoms with van der Waals surface area (Å²) in [6, 6.07) is 20.6. The van der Waals surface area contributed by atoms with Crippen molar-refractivity contribution < 1.29 is 47.9 Å². The predicted octanol–water partition coefficient (Wildman–Crippen LogP) is 6.93. The monoisotopic (exact) mass is 642 g/mol. The van der Waals surface area contributed by atoms with E-state index in [-0.39, 0.29) is 28.6 Å². The van der Waals surface area contributed by atoms with Gasteiger partial charge in [0, 0.05) is 29.8 Å². The number of phenolic OH excluding ortho intramolecular Hbond substituents is 1. The number of phenols is 1. The summed E-state index contributed by atoms with van der Waals surface area (Å²) in [5.74, 6) is 3.09. The Hall–Kier alpha value is -5.90. The van der Waals surface area contributed by atoms with Gasteiger partial charge in [-0.05, 0) is 60.2 Å². The normalized spacial score (nSPS) is 10.5. The summed E-state index contributed by atoms with van der Waals surface area (Å²) in [6.07, 6.45) is 6.22. The molecule has 0 atom stereocenters. The lowest BCUT2D eigenvalue weighted by Crippen LogP contribution is -2.00. The molecule has 4 aromatic carbocycles. The van der Waals surface area contributed by atoms with Crippen molar-refractivity contribution in [3.05, 3.63) is 107 Å². The maximum absolute atomic E-state index is 12.4. The molecule has 246 valence electrons. The minimum atomic E-state index is -0.363. The van der Waals surface area contributed by atoms with Gasteiger partial charge in [0.15, 0.2) is 11.6 Å². The minimum absolute atomic E-state index is 0.0954. The molecule has 0 saturated carbocycles. The van der Waals surface area contributed by atoms with Crippen LogP contribution in [-0.2, 0) is 0 Å². The van der Waals surface area contributed by atoms with Crippen molar-refractivity contribution in [2.75, 3.05) is 49.8 Å². The molecule has 0 aliphatic heterocycles. The molecule has 4 rings (SSSR count). The third-order valence-corrected chi connectivity index (χ3v) is 6.83. The number of allylic oxidation sites excluding steroid dienone is 2. The van der Waals surface area contributed by atoms with Crippen molar-refractivity contribution in [2.24, 2.45) is 0 Å². The van der Waals surface area contributed by atoms with Crippen molar-refractivity contribution in [2.45, 2.75) is 0 Å². The Balaban J connectivity index is 0.000000256. The average Bonchev–Trinajstić information content (AvgIpc) is 3.12. The third-order valence-electron chi connectivity index (χ3n) is 6.83. The molecule has 10 nitrogen and oxygen atoms in total. The van der Waals surface area contributed by atoms with Gasteiger partial charge in [-0.25, -0.2) is 0 Å². The molecule has 1 N–H and O–H groups in total. The number of aromatic hydroxyl groups is 1. The SMILES string of the molecule is COc1ccc(C=CC(=O)c2c(O)cc(OC)cc2OC)cc1.COc1ccc(C=CC(=O)c2ccc(OC)cc2OC)c(OC)c1. The van der Waals surface area contributed by atoms with Crippen molar-refractivity contribution in [3.63, 3.8) is 0 Å².